The highest BCUT2D eigenvalue weighted by molar-refractivity contribution is 6.14. The third kappa shape index (κ3) is 6.01. The summed E-state index contributed by atoms with van der Waals surface area (Å²) in [5.74, 6) is 0. The number of rotatable bonds is 7. The molecule has 11 aromatic carbocycles. The summed E-state index contributed by atoms with van der Waals surface area (Å²) in [6.45, 7) is 0. The summed E-state index contributed by atoms with van der Waals surface area (Å²) >= 11 is 0. The molecule has 0 amide bonds. The number of aromatic nitrogens is 1. The Bertz CT molecular complexity index is 4230. The van der Waals surface area contributed by atoms with Crippen molar-refractivity contribution in [3.63, 3.8) is 0 Å². The summed E-state index contributed by atoms with van der Waals surface area (Å²) in [5.41, 5.74) is 16.4. The number of fused-ring (bicyclic) bond motifs is 10. The second-order valence-electron chi connectivity index (χ2n) is 17.6. The van der Waals surface area contributed by atoms with E-state index >= 15 is 0 Å². The number of furan rings is 2. The predicted molar refractivity (Wildman–Crippen MR) is 284 cm³/mol. The molecular weight excluding hydrogens is 829 g/mol. The zero-order valence-corrected chi connectivity index (χ0v) is 36.8. The van der Waals surface area contributed by atoms with Crippen LogP contribution in [0, 0.1) is 0 Å². The van der Waals surface area contributed by atoms with Gasteiger partial charge < -0.3 is 18.3 Å². The molecule has 0 fully saturated rings. The summed E-state index contributed by atoms with van der Waals surface area (Å²) in [4.78, 5) is 2.39. The van der Waals surface area contributed by atoms with E-state index in [0.29, 0.717) is 0 Å². The number of benzene rings is 11. The van der Waals surface area contributed by atoms with Gasteiger partial charge in [0.2, 0.25) is 0 Å². The molecule has 0 saturated heterocycles. The minimum absolute atomic E-state index is 0.847. The lowest BCUT2D eigenvalue weighted by atomic mass is 9.97. The largest absolute Gasteiger partial charge is 0.455 e. The Balaban J connectivity index is 1.01. The Hall–Kier alpha value is -9.12. The highest BCUT2D eigenvalue weighted by atomic mass is 16.3. The molecule has 0 unspecified atom stereocenters. The molecule has 0 aliphatic carbocycles. The van der Waals surface area contributed by atoms with Crippen molar-refractivity contribution in [3.8, 4) is 39.1 Å². The maximum Gasteiger partial charge on any atom is 0.143 e. The molecule has 14 rings (SSSR count). The quantitative estimate of drug-likeness (QED) is 0.160. The first kappa shape index (κ1) is 38.2. The van der Waals surface area contributed by atoms with Gasteiger partial charge in [0.15, 0.2) is 0 Å². The molecule has 0 atom stereocenters. The van der Waals surface area contributed by atoms with E-state index in [-0.39, 0.29) is 0 Å². The SMILES string of the molecule is c1cc(-c2cccc3c2oc2ccccc23)cc(N(c2ccc(-c3ccc4ccccc4c3)cc2)c2cc(-c3ccccc3-n3c4ccccc4c4ccccc43)c3oc4ccccc4c3c2)c1. The van der Waals surface area contributed by atoms with Crippen LogP contribution in [0.25, 0.3) is 116 Å². The van der Waals surface area contributed by atoms with Crippen LogP contribution in [0.3, 0.4) is 0 Å². The van der Waals surface area contributed by atoms with Crippen molar-refractivity contribution in [2.24, 2.45) is 0 Å². The van der Waals surface area contributed by atoms with Crippen LogP contribution in [0.4, 0.5) is 17.1 Å². The molecule has 318 valence electrons. The highest BCUT2D eigenvalue weighted by Crippen LogP contribution is 2.47. The fourth-order valence-corrected chi connectivity index (χ4v) is 10.6. The van der Waals surface area contributed by atoms with Crippen LogP contribution < -0.4 is 4.90 Å². The van der Waals surface area contributed by atoms with Crippen molar-refractivity contribution in [3.05, 3.63) is 243 Å². The molecule has 0 radical (unpaired) electrons. The Morgan fingerprint density at radius 1 is 0.294 bits per heavy atom. The van der Waals surface area contributed by atoms with Gasteiger partial charge in [-0.1, -0.05) is 170 Å². The van der Waals surface area contributed by atoms with E-state index < -0.39 is 0 Å². The average molecular weight is 869 g/mol. The maximum absolute atomic E-state index is 6.93. The zero-order chi connectivity index (χ0) is 44.7. The lowest BCUT2D eigenvalue weighted by Gasteiger charge is -2.27. The van der Waals surface area contributed by atoms with Crippen LogP contribution in [0.5, 0.6) is 0 Å². The average Bonchev–Trinajstić information content (AvgIpc) is 4.09. The molecular formula is C64H40N2O2. The summed E-state index contributed by atoms with van der Waals surface area (Å²) in [6.07, 6.45) is 0. The van der Waals surface area contributed by atoms with Gasteiger partial charge in [0.1, 0.15) is 22.3 Å². The molecule has 0 aliphatic rings. The van der Waals surface area contributed by atoms with Gasteiger partial charge in [-0.3, -0.25) is 0 Å². The molecule has 4 nitrogen and oxygen atoms in total. The van der Waals surface area contributed by atoms with E-state index in [1.54, 1.807) is 0 Å². The van der Waals surface area contributed by atoms with E-state index in [1.165, 1.54) is 27.1 Å². The Morgan fingerprint density at radius 2 is 0.868 bits per heavy atom. The summed E-state index contributed by atoms with van der Waals surface area (Å²) < 4.78 is 15.9. The number of hydrogen-bond acceptors (Lipinski definition) is 3. The molecule has 0 bridgehead atoms. The molecule has 14 aromatic rings. The standard InChI is InChI=1S/C64H40N2O2/c1-2-16-43-37-44(32-31-41(43)15-1)42-33-35-46(36-34-42)65(47-18-13-17-45(38-47)49-24-14-25-55-53-22-6-11-29-61(53)67-63(49)55)48-39-56(64-57(40-48)54-23-7-12-30-62(54)68-64)52-21-5-10-28-60(52)66-58-26-8-3-19-50(58)51-20-4-9-27-59(51)66/h1-40H. The monoisotopic (exact) mass is 868 g/mol. The van der Waals surface area contributed by atoms with Crippen molar-refractivity contribution in [1.29, 1.82) is 0 Å². The first-order valence-corrected chi connectivity index (χ1v) is 23.2. The van der Waals surface area contributed by atoms with Crippen molar-refractivity contribution in [2.45, 2.75) is 0 Å². The Morgan fingerprint density at radius 3 is 1.63 bits per heavy atom. The van der Waals surface area contributed by atoms with E-state index in [2.05, 4.69) is 240 Å². The molecule has 0 aliphatic heterocycles. The number of nitrogens with zero attached hydrogens (tertiary/aromatic N) is 2. The summed E-state index contributed by atoms with van der Waals surface area (Å²) in [6, 6.07) is 87.0. The van der Waals surface area contributed by atoms with Crippen LogP contribution in [-0.2, 0) is 0 Å². The van der Waals surface area contributed by atoms with Gasteiger partial charge in [-0.25, -0.2) is 0 Å². The molecule has 68 heavy (non-hydrogen) atoms. The van der Waals surface area contributed by atoms with E-state index in [9.17, 15) is 0 Å². The lowest BCUT2D eigenvalue weighted by Crippen LogP contribution is -2.10. The topological polar surface area (TPSA) is 34.5 Å². The molecule has 4 heteroatoms. The van der Waals surface area contributed by atoms with Gasteiger partial charge >= 0.3 is 0 Å². The molecule has 0 saturated carbocycles. The van der Waals surface area contributed by atoms with Crippen LogP contribution in [0.15, 0.2) is 251 Å². The first-order chi connectivity index (χ1) is 33.7. The first-order valence-electron chi connectivity index (χ1n) is 23.2. The van der Waals surface area contributed by atoms with Crippen LogP contribution in [0.2, 0.25) is 0 Å². The van der Waals surface area contributed by atoms with Gasteiger partial charge in [0, 0.05) is 66.1 Å². The molecule has 3 aromatic heterocycles. The number of para-hydroxylation sites is 6. The summed E-state index contributed by atoms with van der Waals surface area (Å²) in [7, 11) is 0. The number of anilines is 3. The molecule has 0 spiro atoms. The van der Waals surface area contributed by atoms with Gasteiger partial charge in [-0.15, -0.1) is 0 Å². The van der Waals surface area contributed by atoms with E-state index in [1.807, 2.05) is 12.1 Å². The predicted octanol–water partition coefficient (Wildman–Crippen LogP) is 18.2. The Labute approximate surface area is 391 Å². The van der Waals surface area contributed by atoms with Crippen molar-refractivity contribution in [2.75, 3.05) is 4.90 Å². The number of hydrogen-bond donors (Lipinski definition) is 0. The second-order valence-corrected chi connectivity index (χ2v) is 17.6. The van der Waals surface area contributed by atoms with E-state index in [4.69, 9.17) is 8.83 Å². The minimum Gasteiger partial charge on any atom is -0.455 e. The van der Waals surface area contributed by atoms with Crippen LogP contribution in [0.1, 0.15) is 0 Å². The van der Waals surface area contributed by atoms with Crippen LogP contribution >= 0.6 is 0 Å². The van der Waals surface area contributed by atoms with Gasteiger partial charge in [0.25, 0.3) is 0 Å². The summed E-state index contributed by atoms with van der Waals surface area (Å²) in [5, 5.41) is 9.23. The molecule has 3 heterocycles. The molecule has 0 N–H and O–H groups in total. The van der Waals surface area contributed by atoms with Crippen molar-refractivity contribution < 1.29 is 8.83 Å². The highest BCUT2D eigenvalue weighted by Gasteiger charge is 2.23. The maximum atomic E-state index is 6.93. The second kappa shape index (κ2) is 15.2. The zero-order valence-electron chi connectivity index (χ0n) is 36.8. The van der Waals surface area contributed by atoms with Gasteiger partial charge in [-0.05, 0) is 100 Å². The van der Waals surface area contributed by atoms with Crippen molar-refractivity contribution in [1.82, 2.24) is 4.57 Å². The fourth-order valence-electron chi connectivity index (χ4n) is 10.6. The fraction of sp³-hybridized carbons (Fsp3) is 0. The van der Waals surface area contributed by atoms with E-state index in [0.717, 1.165) is 105 Å². The van der Waals surface area contributed by atoms with Crippen LogP contribution in [-0.4, -0.2) is 4.57 Å². The normalized spacial score (nSPS) is 11.8. The van der Waals surface area contributed by atoms with Gasteiger partial charge in [-0.2, -0.15) is 0 Å². The lowest BCUT2D eigenvalue weighted by molar-refractivity contribution is 0.669. The third-order valence-electron chi connectivity index (χ3n) is 13.8. The van der Waals surface area contributed by atoms with Gasteiger partial charge in [0.05, 0.1) is 16.7 Å². The van der Waals surface area contributed by atoms with Crippen molar-refractivity contribution >= 4 is 93.5 Å². The minimum atomic E-state index is 0.847. The Kier molecular flexibility index (Phi) is 8.55. The third-order valence-corrected chi connectivity index (χ3v) is 13.8. The smallest absolute Gasteiger partial charge is 0.143 e.